The Morgan fingerprint density at radius 2 is 1.82 bits per heavy atom. The SMILES string of the molecule is Cc1ccc(OCC(=O)N[C@H](Cc2ccccc2)C(=O)O)c([C@H]2Cc3ccccc3C(=O)O2)c1. The van der Waals surface area contributed by atoms with Gasteiger partial charge in [0, 0.05) is 18.4 Å². The highest BCUT2D eigenvalue weighted by molar-refractivity contribution is 5.92. The van der Waals surface area contributed by atoms with Gasteiger partial charge in [0.25, 0.3) is 5.91 Å². The number of hydrogen-bond donors (Lipinski definition) is 2. The number of nitrogens with one attached hydrogen (secondary N) is 1. The van der Waals surface area contributed by atoms with Crippen LogP contribution < -0.4 is 10.1 Å². The predicted molar refractivity (Wildman–Crippen MR) is 125 cm³/mol. The molecule has 2 atom stereocenters. The lowest BCUT2D eigenvalue weighted by Crippen LogP contribution is -2.44. The Morgan fingerprint density at radius 1 is 1.09 bits per heavy atom. The zero-order chi connectivity index (χ0) is 24.1. The Bertz CT molecular complexity index is 1210. The van der Waals surface area contributed by atoms with Crippen LogP contribution in [0.5, 0.6) is 5.75 Å². The van der Waals surface area contributed by atoms with Crippen molar-refractivity contribution in [2.75, 3.05) is 6.61 Å². The van der Waals surface area contributed by atoms with E-state index in [0.717, 1.165) is 16.7 Å². The first-order valence-electron chi connectivity index (χ1n) is 11.0. The third kappa shape index (κ3) is 5.43. The van der Waals surface area contributed by atoms with Gasteiger partial charge < -0.3 is 19.9 Å². The molecule has 0 spiro atoms. The van der Waals surface area contributed by atoms with Crippen LogP contribution in [0.15, 0.2) is 72.8 Å². The van der Waals surface area contributed by atoms with Crippen LogP contribution in [0.2, 0.25) is 0 Å². The highest BCUT2D eigenvalue weighted by Crippen LogP contribution is 2.35. The van der Waals surface area contributed by atoms with Gasteiger partial charge in [0.1, 0.15) is 17.9 Å². The monoisotopic (exact) mass is 459 g/mol. The van der Waals surface area contributed by atoms with Crippen molar-refractivity contribution in [3.05, 3.63) is 101 Å². The number of fused-ring (bicyclic) bond motifs is 1. The van der Waals surface area contributed by atoms with E-state index in [-0.39, 0.29) is 13.0 Å². The molecule has 1 amide bonds. The second-order valence-electron chi connectivity index (χ2n) is 8.23. The number of aliphatic carboxylic acids is 1. The van der Waals surface area contributed by atoms with Crippen molar-refractivity contribution in [1.29, 1.82) is 0 Å². The van der Waals surface area contributed by atoms with Crippen molar-refractivity contribution in [3.63, 3.8) is 0 Å². The summed E-state index contributed by atoms with van der Waals surface area (Å²) < 4.78 is 11.4. The fraction of sp³-hybridized carbons (Fsp3) is 0.222. The number of amides is 1. The number of carbonyl (C=O) groups excluding carboxylic acids is 2. The molecule has 174 valence electrons. The molecule has 7 nitrogen and oxygen atoms in total. The molecule has 2 N–H and O–H groups in total. The number of carbonyl (C=O) groups is 3. The van der Waals surface area contributed by atoms with Crippen LogP contribution in [0.1, 0.15) is 38.7 Å². The van der Waals surface area contributed by atoms with Crippen LogP contribution in [0.4, 0.5) is 0 Å². The van der Waals surface area contributed by atoms with E-state index in [0.29, 0.717) is 23.3 Å². The Labute approximate surface area is 197 Å². The lowest BCUT2D eigenvalue weighted by atomic mass is 9.93. The summed E-state index contributed by atoms with van der Waals surface area (Å²) >= 11 is 0. The molecule has 0 radical (unpaired) electrons. The molecule has 34 heavy (non-hydrogen) atoms. The van der Waals surface area contributed by atoms with Crippen LogP contribution in [0.25, 0.3) is 0 Å². The molecule has 1 heterocycles. The van der Waals surface area contributed by atoms with E-state index in [4.69, 9.17) is 9.47 Å². The van der Waals surface area contributed by atoms with Gasteiger partial charge in [-0.1, -0.05) is 60.2 Å². The minimum Gasteiger partial charge on any atom is -0.483 e. The number of benzene rings is 3. The summed E-state index contributed by atoms with van der Waals surface area (Å²) in [5.74, 6) is -1.67. The van der Waals surface area contributed by atoms with Gasteiger partial charge in [-0.25, -0.2) is 9.59 Å². The van der Waals surface area contributed by atoms with Gasteiger partial charge in [0.15, 0.2) is 6.61 Å². The highest BCUT2D eigenvalue weighted by Gasteiger charge is 2.29. The standard InChI is InChI=1S/C27H25NO6/c1-17-11-12-23(21(13-17)24-15-19-9-5-6-10-20(19)27(32)34-24)33-16-25(29)28-22(26(30)31)14-18-7-3-2-4-8-18/h2-13,22,24H,14-16H2,1H3,(H,28,29)(H,30,31)/t22-,24-/m1/s1. The van der Waals surface area contributed by atoms with Crippen LogP contribution in [-0.2, 0) is 27.2 Å². The Hall–Kier alpha value is -4.13. The van der Waals surface area contributed by atoms with E-state index in [9.17, 15) is 19.5 Å². The maximum Gasteiger partial charge on any atom is 0.339 e. The normalized spacial score (nSPS) is 15.6. The summed E-state index contributed by atoms with van der Waals surface area (Å²) in [5, 5.41) is 12.0. The molecule has 3 aromatic carbocycles. The van der Waals surface area contributed by atoms with E-state index >= 15 is 0 Å². The lowest BCUT2D eigenvalue weighted by molar-refractivity contribution is -0.142. The van der Waals surface area contributed by atoms with Crippen LogP contribution in [-0.4, -0.2) is 35.6 Å². The van der Waals surface area contributed by atoms with Gasteiger partial charge in [-0.05, 0) is 36.2 Å². The van der Waals surface area contributed by atoms with Gasteiger partial charge >= 0.3 is 11.9 Å². The molecule has 1 aliphatic rings. The fourth-order valence-electron chi connectivity index (χ4n) is 3.99. The number of esters is 1. The molecule has 0 fully saturated rings. The average molecular weight is 459 g/mol. The number of cyclic esters (lactones) is 1. The van der Waals surface area contributed by atoms with Crippen molar-refractivity contribution in [2.45, 2.75) is 31.9 Å². The van der Waals surface area contributed by atoms with Crippen LogP contribution in [0, 0.1) is 6.92 Å². The van der Waals surface area contributed by atoms with Crippen molar-refractivity contribution in [1.82, 2.24) is 5.32 Å². The minimum absolute atomic E-state index is 0.162. The van der Waals surface area contributed by atoms with Crippen molar-refractivity contribution in [2.24, 2.45) is 0 Å². The summed E-state index contributed by atoms with van der Waals surface area (Å²) in [7, 11) is 0. The molecule has 0 saturated carbocycles. The molecule has 0 bridgehead atoms. The van der Waals surface area contributed by atoms with Gasteiger partial charge in [0.2, 0.25) is 0 Å². The number of rotatable bonds is 8. The maximum absolute atomic E-state index is 12.5. The zero-order valence-electron chi connectivity index (χ0n) is 18.7. The first-order chi connectivity index (χ1) is 16.4. The van der Waals surface area contributed by atoms with E-state index in [1.807, 2.05) is 49.4 Å². The average Bonchev–Trinajstić information content (AvgIpc) is 2.83. The molecule has 0 unspecified atom stereocenters. The number of ether oxygens (including phenoxy) is 2. The van der Waals surface area contributed by atoms with Gasteiger partial charge in [-0.15, -0.1) is 0 Å². The smallest absolute Gasteiger partial charge is 0.339 e. The lowest BCUT2D eigenvalue weighted by Gasteiger charge is -2.26. The first-order valence-corrected chi connectivity index (χ1v) is 11.0. The predicted octanol–water partition coefficient (Wildman–Crippen LogP) is 3.64. The van der Waals surface area contributed by atoms with E-state index < -0.39 is 30.0 Å². The second-order valence-corrected chi connectivity index (χ2v) is 8.23. The Balaban J connectivity index is 1.45. The van der Waals surface area contributed by atoms with Gasteiger partial charge in [0.05, 0.1) is 5.56 Å². The van der Waals surface area contributed by atoms with Gasteiger partial charge in [-0.3, -0.25) is 4.79 Å². The van der Waals surface area contributed by atoms with Crippen molar-refractivity contribution < 1.29 is 29.0 Å². The Kier molecular flexibility index (Phi) is 6.92. The molecular formula is C27H25NO6. The maximum atomic E-state index is 12.5. The molecule has 0 aliphatic carbocycles. The highest BCUT2D eigenvalue weighted by atomic mass is 16.5. The first kappa shape index (κ1) is 23.0. The summed E-state index contributed by atoms with van der Waals surface area (Å²) in [6.07, 6.45) is 0.103. The molecule has 0 aromatic heterocycles. The van der Waals surface area contributed by atoms with Crippen LogP contribution in [0.3, 0.4) is 0 Å². The molecule has 4 rings (SSSR count). The largest absolute Gasteiger partial charge is 0.483 e. The van der Waals surface area contributed by atoms with E-state index in [1.54, 1.807) is 30.3 Å². The van der Waals surface area contributed by atoms with Crippen molar-refractivity contribution in [3.8, 4) is 5.75 Å². The molecular weight excluding hydrogens is 434 g/mol. The zero-order valence-corrected chi connectivity index (χ0v) is 18.7. The summed E-state index contributed by atoms with van der Waals surface area (Å²) in [5.41, 5.74) is 3.85. The second kappa shape index (κ2) is 10.2. The number of carboxylic acids is 1. The summed E-state index contributed by atoms with van der Waals surface area (Å²) in [6.45, 7) is 1.55. The summed E-state index contributed by atoms with van der Waals surface area (Å²) in [4.78, 5) is 36.6. The number of aryl methyl sites for hydroxylation is 1. The molecule has 0 saturated heterocycles. The van der Waals surface area contributed by atoms with Gasteiger partial charge in [-0.2, -0.15) is 0 Å². The molecule has 1 aliphatic heterocycles. The quantitative estimate of drug-likeness (QED) is 0.499. The number of hydrogen-bond acceptors (Lipinski definition) is 5. The molecule has 3 aromatic rings. The number of carboxylic acid groups (broad SMARTS) is 1. The minimum atomic E-state index is -1.12. The third-order valence-electron chi connectivity index (χ3n) is 5.68. The van der Waals surface area contributed by atoms with Crippen molar-refractivity contribution >= 4 is 17.8 Å². The van der Waals surface area contributed by atoms with E-state index in [1.165, 1.54) is 0 Å². The topological polar surface area (TPSA) is 102 Å². The third-order valence-corrected chi connectivity index (χ3v) is 5.68. The van der Waals surface area contributed by atoms with Crippen LogP contribution >= 0.6 is 0 Å². The fourth-order valence-corrected chi connectivity index (χ4v) is 3.99. The van der Waals surface area contributed by atoms with E-state index in [2.05, 4.69) is 5.32 Å². The molecule has 7 heteroatoms. The Morgan fingerprint density at radius 3 is 2.59 bits per heavy atom. The summed E-state index contributed by atoms with van der Waals surface area (Å²) in [6, 6.07) is 20.7.